The highest BCUT2D eigenvalue weighted by Gasteiger charge is 2.05. The number of nitrogens with zero attached hydrogens (tertiary/aromatic N) is 2. The van der Waals surface area contributed by atoms with Crippen molar-refractivity contribution in [3.8, 4) is 11.5 Å². The van der Waals surface area contributed by atoms with Gasteiger partial charge in [0.15, 0.2) is 17.5 Å². The van der Waals surface area contributed by atoms with E-state index in [0.717, 1.165) is 17.0 Å². The summed E-state index contributed by atoms with van der Waals surface area (Å²) in [5.74, 6) is 2.14. The van der Waals surface area contributed by atoms with Gasteiger partial charge in [-0.3, -0.25) is 9.98 Å². The number of nitrogens with one attached hydrogen (secondary N) is 2. The lowest BCUT2D eigenvalue weighted by Crippen LogP contribution is -2.36. The molecule has 0 spiro atoms. The Balaban J connectivity index is 0.00000312. The van der Waals surface area contributed by atoms with E-state index in [1.807, 2.05) is 43.3 Å². The van der Waals surface area contributed by atoms with Gasteiger partial charge in [-0.25, -0.2) is 0 Å². The number of rotatable bonds is 6. The molecule has 0 atom stereocenters. The topological polar surface area (TPSA) is 67.8 Å². The smallest absolute Gasteiger partial charge is 0.191 e. The maximum atomic E-state index is 5.32. The lowest BCUT2D eigenvalue weighted by Gasteiger charge is -2.13. The summed E-state index contributed by atoms with van der Waals surface area (Å²) < 4.78 is 10.6. The molecule has 0 bridgehead atoms. The maximum Gasteiger partial charge on any atom is 0.191 e. The van der Waals surface area contributed by atoms with Crippen LogP contribution in [0.1, 0.15) is 17.0 Å². The molecule has 2 N–H and O–H groups in total. The molecular formula is C18H25IN4O2. The highest BCUT2D eigenvalue weighted by Crippen LogP contribution is 2.27. The Hall–Kier alpha value is -2.03. The van der Waals surface area contributed by atoms with Crippen LogP contribution in [0.3, 0.4) is 0 Å². The third-order valence-electron chi connectivity index (χ3n) is 3.51. The number of hydrogen-bond donors (Lipinski definition) is 2. The number of aromatic nitrogens is 1. The predicted molar refractivity (Wildman–Crippen MR) is 111 cm³/mol. The van der Waals surface area contributed by atoms with Crippen LogP contribution < -0.4 is 20.1 Å². The number of aliphatic imine (C=N–C) groups is 1. The van der Waals surface area contributed by atoms with Crippen molar-refractivity contribution >= 4 is 29.9 Å². The first-order valence-electron chi connectivity index (χ1n) is 7.74. The van der Waals surface area contributed by atoms with Crippen LogP contribution in [-0.2, 0) is 13.1 Å². The quantitative estimate of drug-likeness (QED) is 0.398. The zero-order valence-corrected chi connectivity index (χ0v) is 17.3. The average molecular weight is 456 g/mol. The number of halogens is 1. The number of pyridine rings is 1. The molecular weight excluding hydrogens is 431 g/mol. The maximum absolute atomic E-state index is 5.32. The van der Waals surface area contributed by atoms with Crippen molar-refractivity contribution in [2.24, 2.45) is 4.99 Å². The van der Waals surface area contributed by atoms with Crippen LogP contribution >= 0.6 is 24.0 Å². The molecule has 0 saturated heterocycles. The Labute approximate surface area is 166 Å². The van der Waals surface area contributed by atoms with Gasteiger partial charge in [-0.05, 0) is 36.8 Å². The Bertz CT molecular complexity index is 707. The molecule has 0 aliphatic rings. The van der Waals surface area contributed by atoms with Crippen LogP contribution in [0.4, 0.5) is 0 Å². The normalized spacial score (nSPS) is 10.6. The molecule has 136 valence electrons. The van der Waals surface area contributed by atoms with Gasteiger partial charge >= 0.3 is 0 Å². The van der Waals surface area contributed by atoms with Gasteiger partial charge in [-0.15, -0.1) is 24.0 Å². The molecule has 0 fully saturated rings. The second-order valence-corrected chi connectivity index (χ2v) is 5.24. The fourth-order valence-electron chi connectivity index (χ4n) is 2.27. The van der Waals surface area contributed by atoms with Crippen LogP contribution in [0.25, 0.3) is 0 Å². The van der Waals surface area contributed by atoms with Gasteiger partial charge in [0, 0.05) is 19.3 Å². The largest absolute Gasteiger partial charge is 0.493 e. The minimum atomic E-state index is 0. The van der Waals surface area contributed by atoms with Crippen LogP contribution in [-0.4, -0.2) is 32.2 Å². The third kappa shape index (κ3) is 6.41. The molecule has 0 aliphatic carbocycles. The van der Waals surface area contributed by atoms with E-state index < -0.39 is 0 Å². The molecule has 0 radical (unpaired) electrons. The van der Waals surface area contributed by atoms with Gasteiger partial charge in [0.1, 0.15) is 0 Å². The standard InChI is InChI=1S/C18H24N4O2.HI/c1-13-6-5-7-15(22-13)12-21-18(19-2)20-11-14-8-9-16(23-3)17(10-14)24-4;/h5-10H,11-12H2,1-4H3,(H2,19,20,21);1H. The number of aryl methyl sites for hydroxylation is 1. The molecule has 7 heteroatoms. The van der Waals surface area contributed by atoms with Crippen molar-refractivity contribution in [2.45, 2.75) is 20.0 Å². The summed E-state index contributed by atoms with van der Waals surface area (Å²) >= 11 is 0. The number of guanidine groups is 1. The monoisotopic (exact) mass is 456 g/mol. The van der Waals surface area contributed by atoms with Crippen molar-refractivity contribution < 1.29 is 9.47 Å². The summed E-state index contributed by atoms with van der Waals surface area (Å²) in [5, 5.41) is 6.53. The zero-order valence-electron chi connectivity index (χ0n) is 15.0. The average Bonchev–Trinajstić information content (AvgIpc) is 2.61. The van der Waals surface area contributed by atoms with E-state index in [9.17, 15) is 0 Å². The summed E-state index contributed by atoms with van der Waals surface area (Å²) in [6, 6.07) is 11.8. The fourth-order valence-corrected chi connectivity index (χ4v) is 2.27. The van der Waals surface area contributed by atoms with E-state index >= 15 is 0 Å². The summed E-state index contributed by atoms with van der Waals surface area (Å²) in [7, 11) is 5.00. The predicted octanol–water partition coefficient (Wildman–Crippen LogP) is 2.89. The molecule has 0 aliphatic heterocycles. The first-order chi connectivity index (χ1) is 11.7. The number of hydrogen-bond acceptors (Lipinski definition) is 4. The molecule has 25 heavy (non-hydrogen) atoms. The second kappa shape index (κ2) is 10.8. The Kier molecular flexibility index (Phi) is 9.04. The van der Waals surface area contributed by atoms with Gasteiger partial charge in [-0.2, -0.15) is 0 Å². The molecule has 0 saturated carbocycles. The van der Waals surface area contributed by atoms with Crippen LogP contribution in [0, 0.1) is 6.92 Å². The van der Waals surface area contributed by atoms with Crippen molar-refractivity contribution in [1.82, 2.24) is 15.6 Å². The highest BCUT2D eigenvalue weighted by atomic mass is 127. The lowest BCUT2D eigenvalue weighted by molar-refractivity contribution is 0.354. The highest BCUT2D eigenvalue weighted by molar-refractivity contribution is 14.0. The zero-order chi connectivity index (χ0) is 17.4. The molecule has 0 amide bonds. The Morgan fingerprint density at radius 2 is 1.76 bits per heavy atom. The SMILES string of the molecule is CN=C(NCc1ccc(OC)c(OC)c1)NCc1cccc(C)n1.I. The molecule has 2 rings (SSSR count). The summed E-state index contributed by atoms with van der Waals surface area (Å²) in [5.41, 5.74) is 3.05. The minimum absolute atomic E-state index is 0. The summed E-state index contributed by atoms with van der Waals surface area (Å²) in [6.45, 7) is 3.22. The first kappa shape index (κ1) is 21.0. The summed E-state index contributed by atoms with van der Waals surface area (Å²) in [4.78, 5) is 8.69. The van der Waals surface area contributed by atoms with Gasteiger partial charge in [0.25, 0.3) is 0 Å². The van der Waals surface area contributed by atoms with Gasteiger partial charge in [0.2, 0.25) is 0 Å². The van der Waals surface area contributed by atoms with Crippen LogP contribution in [0.15, 0.2) is 41.4 Å². The molecule has 0 unspecified atom stereocenters. The van der Waals surface area contributed by atoms with Crippen molar-refractivity contribution in [3.05, 3.63) is 53.3 Å². The van der Waals surface area contributed by atoms with E-state index in [4.69, 9.17) is 9.47 Å². The van der Waals surface area contributed by atoms with Gasteiger partial charge in [0.05, 0.1) is 26.5 Å². The summed E-state index contributed by atoms with van der Waals surface area (Å²) in [6.07, 6.45) is 0. The number of ether oxygens (including phenoxy) is 2. The van der Waals surface area contributed by atoms with E-state index in [2.05, 4.69) is 20.6 Å². The van der Waals surface area contributed by atoms with E-state index in [-0.39, 0.29) is 24.0 Å². The van der Waals surface area contributed by atoms with E-state index in [1.54, 1.807) is 21.3 Å². The Morgan fingerprint density at radius 3 is 2.40 bits per heavy atom. The first-order valence-corrected chi connectivity index (χ1v) is 7.74. The second-order valence-electron chi connectivity index (χ2n) is 5.24. The van der Waals surface area contributed by atoms with Gasteiger partial charge < -0.3 is 20.1 Å². The fraction of sp³-hybridized carbons (Fsp3) is 0.333. The number of benzene rings is 1. The van der Waals surface area contributed by atoms with Crippen LogP contribution in [0.5, 0.6) is 11.5 Å². The number of methoxy groups -OCH3 is 2. The van der Waals surface area contributed by atoms with Crippen molar-refractivity contribution in [3.63, 3.8) is 0 Å². The van der Waals surface area contributed by atoms with Crippen molar-refractivity contribution in [1.29, 1.82) is 0 Å². The van der Waals surface area contributed by atoms with Crippen LogP contribution in [0.2, 0.25) is 0 Å². The van der Waals surface area contributed by atoms with Crippen molar-refractivity contribution in [2.75, 3.05) is 21.3 Å². The van der Waals surface area contributed by atoms with Gasteiger partial charge in [-0.1, -0.05) is 12.1 Å². The Morgan fingerprint density at radius 1 is 1.04 bits per heavy atom. The molecule has 1 aromatic carbocycles. The third-order valence-corrected chi connectivity index (χ3v) is 3.51. The lowest BCUT2D eigenvalue weighted by atomic mass is 10.2. The molecule has 1 aromatic heterocycles. The van der Waals surface area contributed by atoms with E-state index in [0.29, 0.717) is 30.5 Å². The molecule has 6 nitrogen and oxygen atoms in total. The minimum Gasteiger partial charge on any atom is -0.493 e. The molecule has 2 aromatic rings. The molecule has 1 heterocycles. The van der Waals surface area contributed by atoms with E-state index in [1.165, 1.54) is 0 Å².